The molecule has 0 unspecified atom stereocenters. The topological polar surface area (TPSA) is 36.7 Å². The van der Waals surface area contributed by atoms with Gasteiger partial charge in [0.25, 0.3) is 0 Å². The molecule has 0 amide bonds. The molecule has 0 atom stereocenters. The molecule has 16 heavy (non-hydrogen) atoms. The van der Waals surface area contributed by atoms with Crippen LogP contribution in [0.25, 0.3) is 11.1 Å². The van der Waals surface area contributed by atoms with Crippen molar-refractivity contribution >= 4 is 0 Å². The van der Waals surface area contributed by atoms with Crippen LogP contribution in [-0.4, -0.2) is 4.98 Å². The summed E-state index contributed by atoms with van der Waals surface area (Å²) in [7, 11) is 0. The molecule has 2 nitrogen and oxygen atoms in total. The number of hydrogen-bond donors (Lipinski definition) is 0. The summed E-state index contributed by atoms with van der Waals surface area (Å²) >= 11 is 0. The third kappa shape index (κ3) is 1.91. The van der Waals surface area contributed by atoms with Crippen LogP contribution in [0.1, 0.15) is 11.3 Å². The lowest BCUT2D eigenvalue weighted by atomic mass is 10.0. The first-order valence-electron chi connectivity index (χ1n) is 4.83. The van der Waals surface area contributed by atoms with Gasteiger partial charge in [-0.25, -0.2) is 4.39 Å². The molecule has 0 aliphatic rings. The van der Waals surface area contributed by atoms with E-state index < -0.39 is 5.82 Å². The Morgan fingerprint density at radius 1 is 1.25 bits per heavy atom. The highest BCUT2D eigenvalue weighted by atomic mass is 19.1. The fourth-order valence-electron chi connectivity index (χ4n) is 1.45. The smallest absolute Gasteiger partial charge is 0.132 e. The second-order valence-corrected chi connectivity index (χ2v) is 3.49. The molecule has 0 aliphatic carbocycles. The Hall–Kier alpha value is -2.21. The molecule has 2 rings (SSSR count). The predicted octanol–water partition coefficient (Wildman–Crippen LogP) is 3.07. The van der Waals surface area contributed by atoms with Gasteiger partial charge in [-0.2, -0.15) is 5.26 Å². The highest BCUT2D eigenvalue weighted by Gasteiger charge is 2.06. The zero-order valence-corrected chi connectivity index (χ0v) is 8.74. The van der Waals surface area contributed by atoms with Crippen molar-refractivity contribution in [1.82, 2.24) is 4.98 Å². The number of nitrogens with zero attached hydrogens (tertiary/aromatic N) is 2. The van der Waals surface area contributed by atoms with E-state index in [9.17, 15) is 4.39 Å². The number of rotatable bonds is 1. The number of benzene rings is 1. The number of aryl methyl sites for hydroxylation is 1. The summed E-state index contributed by atoms with van der Waals surface area (Å²) in [5, 5.41) is 8.63. The molecule has 78 valence electrons. The summed E-state index contributed by atoms with van der Waals surface area (Å²) in [4.78, 5) is 4.11. The van der Waals surface area contributed by atoms with E-state index in [4.69, 9.17) is 5.26 Å². The molecule has 1 aromatic heterocycles. The zero-order chi connectivity index (χ0) is 11.5. The van der Waals surface area contributed by atoms with Crippen molar-refractivity contribution in [3.63, 3.8) is 0 Å². The summed E-state index contributed by atoms with van der Waals surface area (Å²) < 4.78 is 13.6. The third-order valence-electron chi connectivity index (χ3n) is 2.32. The predicted molar refractivity (Wildman–Crippen MR) is 59.1 cm³/mol. The van der Waals surface area contributed by atoms with Gasteiger partial charge in [0.2, 0.25) is 0 Å². The monoisotopic (exact) mass is 212 g/mol. The molecule has 0 spiro atoms. The van der Waals surface area contributed by atoms with Crippen molar-refractivity contribution in [1.29, 1.82) is 5.26 Å². The fourth-order valence-corrected chi connectivity index (χ4v) is 1.45. The van der Waals surface area contributed by atoms with Crippen molar-refractivity contribution < 1.29 is 4.39 Å². The minimum absolute atomic E-state index is 0.321. The first-order chi connectivity index (χ1) is 7.70. The summed E-state index contributed by atoms with van der Waals surface area (Å²) in [5.41, 5.74) is 2.39. The molecule has 1 heterocycles. The van der Waals surface area contributed by atoms with Crippen molar-refractivity contribution in [2.75, 3.05) is 0 Å². The Labute approximate surface area is 93.0 Å². The average Bonchev–Trinajstić information content (AvgIpc) is 2.30. The number of aromatic nitrogens is 1. The van der Waals surface area contributed by atoms with E-state index in [0.29, 0.717) is 16.7 Å². The molecule has 0 saturated heterocycles. The molecular formula is C13H9FN2. The van der Waals surface area contributed by atoms with Gasteiger partial charge in [0.15, 0.2) is 0 Å². The normalized spacial score (nSPS) is 9.81. The number of hydrogen-bond acceptors (Lipinski definition) is 2. The highest BCUT2D eigenvalue weighted by molar-refractivity contribution is 5.64. The molecule has 0 bridgehead atoms. The largest absolute Gasteiger partial charge is 0.261 e. The van der Waals surface area contributed by atoms with Gasteiger partial charge < -0.3 is 0 Å². The van der Waals surface area contributed by atoms with Gasteiger partial charge in [-0.05, 0) is 25.1 Å². The van der Waals surface area contributed by atoms with Crippen LogP contribution < -0.4 is 0 Å². The van der Waals surface area contributed by atoms with E-state index in [-0.39, 0.29) is 0 Å². The van der Waals surface area contributed by atoms with E-state index in [1.807, 2.05) is 25.1 Å². The van der Waals surface area contributed by atoms with Crippen LogP contribution in [-0.2, 0) is 0 Å². The third-order valence-corrected chi connectivity index (χ3v) is 2.32. The molecular weight excluding hydrogens is 203 g/mol. The Morgan fingerprint density at radius 2 is 2.06 bits per heavy atom. The van der Waals surface area contributed by atoms with Crippen LogP contribution >= 0.6 is 0 Å². The zero-order valence-electron chi connectivity index (χ0n) is 8.74. The van der Waals surface area contributed by atoms with Crippen molar-refractivity contribution in [2.24, 2.45) is 0 Å². The number of pyridine rings is 1. The summed E-state index contributed by atoms with van der Waals surface area (Å²) in [6.45, 7) is 1.87. The molecule has 1 aromatic carbocycles. The Kier molecular flexibility index (Phi) is 2.65. The van der Waals surface area contributed by atoms with Crippen LogP contribution in [0.15, 0.2) is 36.5 Å². The van der Waals surface area contributed by atoms with E-state index in [1.165, 1.54) is 6.07 Å². The SMILES string of the molecule is Cc1ccc(-c2ccc(C#N)cc2F)cn1. The maximum atomic E-state index is 13.6. The van der Waals surface area contributed by atoms with Crippen LogP contribution in [0, 0.1) is 24.1 Å². The maximum absolute atomic E-state index is 13.6. The molecule has 0 radical (unpaired) electrons. The molecule has 0 aliphatic heterocycles. The van der Waals surface area contributed by atoms with Crippen molar-refractivity contribution in [2.45, 2.75) is 6.92 Å². The lowest BCUT2D eigenvalue weighted by Crippen LogP contribution is -1.88. The van der Waals surface area contributed by atoms with Gasteiger partial charge in [0, 0.05) is 23.0 Å². The van der Waals surface area contributed by atoms with Gasteiger partial charge in [-0.15, -0.1) is 0 Å². The van der Waals surface area contributed by atoms with Gasteiger partial charge in [-0.1, -0.05) is 12.1 Å². The Morgan fingerprint density at radius 3 is 2.62 bits per heavy atom. The van der Waals surface area contributed by atoms with Crippen LogP contribution in [0.4, 0.5) is 4.39 Å². The highest BCUT2D eigenvalue weighted by Crippen LogP contribution is 2.22. The van der Waals surface area contributed by atoms with E-state index in [0.717, 1.165) is 5.69 Å². The summed E-state index contributed by atoms with van der Waals surface area (Å²) in [6, 6.07) is 9.96. The van der Waals surface area contributed by atoms with Crippen LogP contribution in [0.2, 0.25) is 0 Å². The molecule has 0 saturated carbocycles. The van der Waals surface area contributed by atoms with E-state index in [2.05, 4.69) is 4.98 Å². The fraction of sp³-hybridized carbons (Fsp3) is 0.0769. The minimum atomic E-state index is -0.398. The average molecular weight is 212 g/mol. The summed E-state index contributed by atoms with van der Waals surface area (Å²) in [5.74, 6) is -0.398. The lowest BCUT2D eigenvalue weighted by molar-refractivity contribution is 0.631. The maximum Gasteiger partial charge on any atom is 0.132 e. The van der Waals surface area contributed by atoms with Gasteiger partial charge in [-0.3, -0.25) is 4.98 Å². The first kappa shape index (κ1) is 10.3. The quantitative estimate of drug-likeness (QED) is 0.728. The molecule has 2 aromatic rings. The Bertz CT molecular complexity index is 553. The second kappa shape index (κ2) is 4.11. The molecule has 0 fully saturated rings. The Balaban J connectivity index is 2.49. The van der Waals surface area contributed by atoms with Crippen molar-refractivity contribution in [3.8, 4) is 17.2 Å². The van der Waals surface area contributed by atoms with E-state index >= 15 is 0 Å². The van der Waals surface area contributed by atoms with E-state index in [1.54, 1.807) is 18.3 Å². The molecule has 0 N–H and O–H groups in total. The summed E-state index contributed by atoms with van der Waals surface area (Å²) in [6.07, 6.45) is 1.62. The lowest BCUT2D eigenvalue weighted by Gasteiger charge is -2.03. The van der Waals surface area contributed by atoms with Crippen molar-refractivity contribution in [3.05, 3.63) is 53.6 Å². The second-order valence-electron chi connectivity index (χ2n) is 3.49. The standard InChI is InChI=1S/C13H9FN2/c1-9-2-4-11(8-16-9)12-5-3-10(7-15)6-13(12)14/h2-6,8H,1H3. The first-order valence-corrected chi connectivity index (χ1v) is 4.83. The van der Waals surface area contributed by atoms with Gasteiger partial charge >= 0.3 is 0 Å². The van der Waals surface area contributed by atoms with Crippen LogP contribution in [0.5, 0.6) is 0 Å². The minimum Gasteiger partial charge on any atom is -0.261 e. The molecule has 3 heteroatoms. The van der Waals surface area contributed by atoms with Gasteiger partial charge in [0.05, 0.1) is 11.6 Å². The number of halogens is 1. The van der Waals surface area contributed by atoms with Crippen LogP contribution in [0.3, 0.4) is 0 Å². The van der Waals surface area contributed by atoms with Gasteiger partial charge in [0.1, 0.15) is 5.82 Å². The number of nitriles is 1.